The van der Waals surface area contributed by atoms with Crippen molar-refractivity contribution in [1.29, 1.82) is 0 Å². The van der Waals surface area contributed by atoms with Gasteiger partial charge < -0.3 is 5.32 Å². The number of thiophene rings is 1. The van der Waals surface area contributed by atoms with E-state index >= 15 is 0 Å². The van der Waals surface area contributed by atoms with Crippen molar-refractivity contribution >= 4 is 50.4 Å². The smallest absolute Gasteiger partial charge is 0.225 e. The summed E-state index contributed by atoms with van der Waals surface area (Å²) in [4.78, 5) is 21.0. The van der Waals surface area contributed by atoms with Gasteiger partial charge >= 0.3 is 0 Å². The van der Waals surface area contributed by atoms with Crippen LogP contribution in [0.3, 0.4) is 0 Å². The normalized spacial score (nSPS) is 10.8. The first-order chi connectivity index (χ1) is 12.6. The molecule has 0 unspecified atom stereocenters. The maximum atomic E-state index is 11.4. The zero-order valence-electron chi connectivity index (χ0n) is 13.9. The minimum atomic E-state index is 0.0354. The molecule has 4 aromatic rings. The number of hydrogen-bond acceptors (Lipinski definition) is 5. The summed E-state index contributed by atoms with van der Waals surface area (Å²) in [6, 6.07) is 17.4. The highest BCUT2D eigenvalue weighted by Gasteiger charge is 2.15. The molecule has 0 fully saturated rings. The van der Waals surface area contributed by atoms with Gasteiger partial charge in [-0.2, -0.15) is 4.98 Å². The molecule has 0 aliphatic rings. The molecule has 2 aromatic heterocycles. The highest BCUT2D eigenvalue weighted by Crippen LogP contribution is 2.38. The lowest BCUT2D eigenvalue weighted by Crippen LogP contribution is -1.98. The maximum absolute atomic E-state index is 11.4. The van der Waals surface area contributed by atoms with Gasteiger partial charge in [0.25, 0.3) is 0 Å². The fourth-order valence-corrected chi connectivity index (χ4v) is 3.93. The Bertz CT molecular complexity index is 1090. The quantitative estimate of drug-likeness (QED) is 0.351. The number of aromatic nitrogens is 2. The number of benzene rings is 2. The average molecular weight is 380 g/mol. The van der Waals surface area contributed by atoms with Crippen LogP contribution in [-0.4, -0.2) is 15.8 Å². The molecule has 0 amide bonds. The Morgan fingerprint density at radius 1 is 1.04 bits per heavy atom. The average Bonchev–Trinajstić information content (AvgIpc) is 3.07. The summed E-state index contributed by atoms with van der Waals surface area (Å²) in [5.41, 5.74) is 3.66. The minimum Gasteiger partial charge on any atom is -0.340 e. The molecule has 2 aromatic carbocycles. The Hall–Kier alpha value is -2.76. The second kappa shape index (κ2) is 6.86. The topological polar surface area (TPSA) is 54.9 Å². The SMILES string of the molecule is CC(=O)c1ccc(Nc2nc(Cl)nc3scc(-c4ccccc4)c23)cc1. The zero-order valence-corrected chi connectivity index (χ0v) is 15.4. The molecule has 4 rings (SSSR count). The van der Waals surface area contributed by atoms with Crippen molar-refractivity contribution in [1.82, 2.24) is 9.97 Å². The van der Waals surface area contributed by atoms with Crippen LogP contribution in [0.2, 0.25) is 5.28 Å². The van der Waals surface area contributed by atoms with Crippen molar-refractivity contribution in [3.05, 3.63) is 70.8 Å². The predicted octanol–water partition coefficient (Wildman–Crippen LogP) is 5.96. The monoisotopic (exact) mass is 379 g/mol. The fraction of sp³-hybridized carbons (Fsp3) is 0.0500. The van der Waals surface area contributed by atoms with Gasteiger partial charge in [0.15, 0.2) is 5.78 Å². The summed E-state index contributed by atoms with van der Waals surface area (Å²) in [5, 5.41) is 6.50. The summed E-state index contributed by atoms with van der Waals surface area (Å²) in [5.74, 6) is 0.684. The predicted molar refractivity (Wildman–Crippen MR) is 108 cm³/mol. The summed E-state index contributed by atoms with van der Waals surface area (Å²) in [6.07, 6.45) is 0. The first kappa shape index (κ1) is 16.7. The van der Waals surface area contributed by atoms with Crippen molar-refractivity contribution < 1.29 is 4.79 Å². The standard InChI is InChI=1S/C20H14ClN3OS/c1-12(25)13-7-9-15(10-8-13)22-18-17-16(14-5-3-2-4-6-14)11-26-19(17)24-20(21)23-18/h2-11H,1H3,(H,22,23,24). The number of fused-ring (bicyclic) bond motifs is 1. The van der Waals surface area contributed by atoms with Gasteiger partial charge in [0.05, 0.1) is 5.39 Å². The van der Waals surface area contributed by atoms with Gasteiger partial charge in [-0.15, -0.1) is 11.3 Å². The number of hydrogen-bond donors (Lipinski definition) is 1. The molecule has 0 bridgehead atoms. The molecule has 0 radical (unpaired) electrons. The van der Waals surface area contributed by atoms with E-state index in [4.69, 9.17) is 11.6 Å². The Balaban J connectivity index is 1.81. The van der Waals surface area contributed by atoms with Crippen molar-refractivity contribution in [3.8, 4) is 11.1 Å². The Kier molecular flexibility index (Phi) is 4.41. The Morgan fingerprint density at radius 2 is 1.77 bits per heavy atom. The first-order valence-corrected chi connectivity index (χ1v) is 9.26. The molecule has 0 spiro atoms. The lowest BCUT2D eigenvalue weighted by atomic mass is 10.1. The van der Waals surface area contributed by atoms with E-state index in [1.807, 2.05) is 30.3 Å². The number of halogens is 1. The lowest BCUT2D eigenvalue weighted by Gasteiger charge is -2.09. The van der Waals surface area contributed by atoms with Crippen LogP contribution in [0, 0.1) is 0 Å². The summed E-state index contributed by atoms with van der Waals surface area (Å²) in [6.45, 7) is 1.55. The van der Waals surface area contributed by atoms with E-state index < -0.39 is 0 Å². The molecule has 6 heteroatoms. The molecule has 0 aliphatic heterocycles. The number of anilines is 2. The van der Waals surface area contributed by atoms with Crippen molar-refractivity contribution in [2.45, 2.75) is 6.92 Å². The largest absolute Gasteiger partial charge is 0.340 e. The molecule has 0 atom stereocenters. The van der Waals surface area contributed by atoms with E-state index in [9.17, 15) is 4.79 Å². The van der Waals surface area contributed by atoms with Crippen LogP contribution < -0.4 is 5.32 Å². The number of Topliss-reactive ketones (excluding diaryl/α,β-unsaturated/α-hetero) is 1. The second-order valence-electron chi connectivity index (χ2n) is 5.80. The molecular formula is C20H14ClN3OS. The number of rotatable bonds is 4. The van der Waals surface area contributed by atoms with Crippen LogP contribution in [0.4, 0.5) is 11.5 Å². The number of carbonyl (C=O) groups is 1. The maximum Gasteiger partial charge on any atom is 0.225 e. The molecule has 1 N–H and O–H groups in total. The van der Waals surface area contributed by atoms with E-state index in [1.165, 1.54) is 11.3 Å². The van der Waals surface area contributed by atoms with E-state index in [1.54, 1.807) is 19.1 Å². The van der Waals surface area contributed by atoms with Gasteiger partial charge in [-0.3, -0.25) is 4.79 Å². The van der Waals surface area contributed by atoms with Crippen molar-refractivity contribution in [2.24, 2.45) is 0 Å². The Labute approximate surface area is 159 Å². The van der Waals surface area contributed by atoms with Gasteiger partial charge in [0.2, 0.25) is 5.28 Å². The van der Waals surface area contributed by atoms with Gasteiger partial charge in [-0.1, -0.05) is 30.3 Å². The third-order valence-corrected chi connectivity index (χ3v) is 5.09. The van der Waals surface area contributed by atoms with Gasteiger partial charge in [-0.05, 0) is 48.4 Å². The Morgan fingerprint density at radius 3 is 2.46 bits per heavy atom. The molecule has 0 aliphatic carbocycles. The van der Waals surface area contributed by atoms with Crippen LogP contribution in [0.5, 0.6) is 0 Å². The molecule has 4 nitrogen and oxygen atoms in total. The van der Waals surface area contributed by atoms with Crippen LogP contribution in [0.15, 0.2) is 60.0 Å². The van der Waals surface area contributed by atoms with Gasteiger partial charge in [-0.25, -0.2) is 4.98 Å². The number of nitrogens with one attached hydrogen (secondary N) is 1. The fourth-order valence-electron chi connectivity index (χ4n) is 2.76. The number of carbonyl (C=O) groups excluding carboxylic acids is 1. The molecule has 2 heterocycles. The highest BCUT2D eigenvalue weighted by molar-refractivity contribution is 7.17. The number of nitrogens with zero attached hydrogens (tertiary/aromatic N) is 2. The third kappa shape index (κ3) is 3.19. The molecule has 128 valence electrons. The molecular weight excluding hydrogens is 366 g/mol. The molecule has 0 saturated carbocycles. The zero-order chi connectivity index (χ0) is 18.1. The second-order valence-corrected chi connectivity index (χ2v) is 6.99. The van der Waals surface area contributed by atoms with E-state index in [0.717, 1.165) is 27.0 Å². The summed E-state index contributed by atoms with van der Waals surface area (Å²) < 4.78 is 0. The van der Waals surface area contributed by atoms with Crippen molar-refractivity contribution in [2.75, 3.05) is 5.32 Å². The van der Waals surface area contributed by atoms with E-state index in [-0.39, 0.29) is 11.1 Å². The third-order valence-electron chi connectivity index (χ3n) is 4.05. The minimum absolute atomic E-state index is 0.0354. The van der Waals surface area contributed by atoms with Crippen molar-refractivity contribution in [3.63, 3.8) is 0 Å². The van der Waals surface area contributed by atoms with Gasteiger partial charge in [0, 0.05) is 22.2 Å². The van der Waals surface area contributed by atoms with Crippen LogP contribution in [-0.2, 0) is 0 Å². The highest BCUT2D eigenvalue weighted by atomic mass is 35.5. The molecule has 0 saturated heterocycles. The van der Waals surface area contributed by atoms with E-state index in [2.05, 4.69) is 32.8 Å². The van der Waals surface area contributed by atoms with Crippen LogP contribution in [0.25, 0.3) is 21.3 Å². The molecule has 26 heavy (non-hydrogen) atoms. The van der Waals surface area contributed by atoms with Crippen LogP contribution >= 0.6 is 22.9 Å². The summed E-state index contributed by atoms with van der Waals surface area (Å²) in [7, 11) is 0. The van der Waals surface area contributed by atoms with Crippen LogP contribution in [0.1, 0.15) is 17.3 Å². The lowest BCUT2D eigenvalue weighted by molar-refractivity contribution is 0.101. The first-order valence-electron chi connectivity index (χ1n) is 8.00. The number of ketones is 1. The summed E-state index contributed by atoms with van der Waals surface area (Å²) >= 11 is 7.65. The van der Waals surface area contributed by atoms with E-state index in [0.29, 0.717) is 11.4 Å². The van der Waals surface area contributed by atoms with Gasteiger partial charge in [0.1, 0.15) is 10.6 Å².